The van der Waals surface area contributed by atoms with Crippen LogP contribution in [0.15, 0.2) is 36.7 Å². The van der Waals surface area contributed by atoms with Crippen molar-refractivity contribution in [2.45, 2.75) is 20.1 Å². The number of hydrogen-bond acceptors (Lipinski definition) is 6. The molecule has 3 aromatic rings. The maximum Gasteiger partial charge on any atom is 0.348 e. The first kappa shape index (κ1) is 16.8. The van der Waals surface area contributed by atoms with Gasteiger partial charge in [-0.05, 0) is 12.5 Å². The summed E-state index contributed by atoms with van der Waals surface area (Å²) in [5, 5.41) is 0.963. The second kappa shape index (κ2) is 7.70. The standard InChI is InChI=1S/C17H15ClN2O3S/c1-2-23-17(21)14-12(9-22-8-11-6-4-3-5-7-11)13-15(18)19-10-20-16(13)24-14/h3-7,10H,2,8-9H2,1H3. The van der Waals surface area contributed by atoms with Gasteiger partial charge in [-0.15, -0.1) is 11.3 Å². The highest BCUT2D eigenvalue weighted by molar-refractivity contribution is 7.20. The fourth-order valence-corrected chi connectivity index (χ4v) is 3.64. The molecule has 0 fully saturated rings. The third kappa shape index (κ3) is 3.56. The Morgan fingerprint density at radius 3 is 2.75 bits per heavy atom. The SMILES string of the molecule is CCOC(=O)c1sc2ncnc(Cl)c2c1COCc1ccccc1. The minimum Gasteiger partial charge on any atom is -0.462 e. The van der Waals surface area contributed by atoms with Crippen LogP contribution >= 0.6 is 22.9 Å². The number of fused-ring (bicyclic) bond motifs is 1. The van der Waals surface area contributed by atoms with Crippen LogP contribution in [0.25, 0.3) is 10.2 Å². The minimum absolute atomic E-state index is 0.232. The van der Waals surface area contributed by atoms with Gasteiger partial charge in [0.2, 0.25) is 0 Å². The van der Waals surface area contributed by atoms with E-state index in [-0.39, 0.29) is 6.61 Å². The van der Waals surface area contributed by atoms with E-state index in [1.165, 1.54) is 17.7 Å². The summed E-state index contributed by atoms with van der Waals surface area (Å²) < 4.78 is 10.9. The molecule has 2 heterocycles. The Hall–Kier alpha value is -2.02. The van der Waals surface area contributed by atoms with Gasteiger partial charge in [-0.3, -0.25) is 0 Å². The number of halogens is 1. The molecule has 0 amide bonds. The van der Waals surface area contributed by atoms with Gasteiger partial charge >= 0.3 is 5.97 Å². The average Bonchev–Trinajstić information content (AvgIpc) is 2.96. The maximum atomic E-state index is 12.2. The quantitative estimate of drug-likeness (QED) is 0.485. The molecule has 0 N–H and O–H groups in total. The fraction of sp³-hybridized carbons (Fsp3) is 0.235. The number of nitrogens with zero attached hydrogens (tertiary/aromatic N) is 2. The van der Waals surface area contributed by atoms with E-state index in [0.717, 1.165) is 5.56 Å². The van der Waals surface area contributed by atoms with E-state index in [1.807, 2.05) is 30.3 Å². The van der Waals surface area contributed by atoms with Crippen LogP contribution < -0.4 is 0 Å². The van der Waals surface area contributed by atoms with Crippen molar-refractivity contribution in [3.05, 3.63) is 57.8 Å². The normalized spacial score (nSPS) is 10.9. The summed E-state index contributed by atoms with van der Waals surface area (Å²) in [5.41, 5.74) is 1.73. The number of ether oxygens (including phenoxy) is 2. The monoisotopic (exact) mass is 362 g/mol. The van der Waals surface area contributed by atoms with Gasteiger partial charge in [0, 0.05) is 5.56 Å². The fourth-order valence-electron chi connectivity index (χ4n) is 2.30. The third-order valence-corrected chi connectivity index (χ3v) is 4.77. The van der Waals surface area contributed by atoms with Crippen molar-refractivity contribution in [3.63, 3.8) is 0 Å². The zero-order chi connectivity index (χ0) is 16.9. The Morgan fingerprint density at radius 1 is 1.21 bits per heavy atom. The number of aromatic nitrogens is 2. The molecular formula is C17H15ClN2O3S. The summed E-state index contributed by atoms with van der Waals surface area (Å²) in [7, 11) is 0. The molecule has 0 radical (unpaired) electrons. The van der Waals surface area contributed by atoms with E-state index < -0.39 is 5.97 Å². The minimum atomic E-state index is -0.394. The first-order valence-electron chi connectivity index (χ1n) is 7.41. The molecular weight excluding hydrogens is 348 g/mol. The molecule has 5 nitrogen and oxygen atoms in total. The molecule has 1 aromatic carbocycles. The molecule has 124 valence electrons. The zero-order valence-electron chi connectivity index (χ0n) is 13.0. The molecule has 7 heteroatoms. The van der Waals surface area contributed by atoms with Gasteiger partial charge < -0.3 is 9.47 Å². The van der Waals surface area contributed by atoms with Crippen LogP contribution in [0.3, 0.4) is 0 Å². The Labute approximate surface area is 148 Å². The number of carbonyl (C=O) groups is 1. The summed E-state index contributed by atoms with van der Waals surface area (Å²) in [6, 6.07) is 9.81. The Bertz CT molecular complexity index is 852. The lowest BCUT2D eigenvalue weighted by molar-refractivity contribution is 0.0523. The van der Waals surface area contributed by atoms with Gasteiger partial charge in [-0.1, -0.05) is 41.9 Å². The Balaban J connectivity index is 1.89. The van der Waals surface area contributed by atoms with Gasteiger partial charge in [0.1, 0.15) is 21.2 Å². The first-order valence-corrected chi connectivity index (χ1v) is 8.60. The molecule has 2 aromatic heterocycles. The topological polar surface area (TPSA) is 61.3 Å². The summed E-state index contributed by atoms with van der Waals surface area (Å²) >= 11 is 7.44. The summed E-state index contributed by atoms with van der Waals surface area (Å²) in [6.45, 7) is 2.74. The van der Waals surface area contributed by atoms with E-state index in [4.69, 9.17) is 21.1 Å². The number of benzene rings is 1. The number of carbonyl (C=O) groups excluding carboxylic acids is 1. The average molecular weight is 363 g/mol. The van der Waals surface area contributed by atoms with E-state index in [2.05, 4.69) is 9.97 Å². The van der Waals surface area contributed by atoms with Gasteiger partial charge in [0.05, 0.1) is 25.2 Å². The van der Waals surface area contributed by atoms with E-state index in [9.17, 15) is 4.79 Å². The molecule has 0 aliphatic rings. The van der Waals surface area contributed by atoms with E-state index >= 15 is 0 Å². The largest absolute Gasteiger partial charge is 0.462 e. The molecule has 0 aliphatic heterocycles. The lowest BCUT2D eigenvalue weighted by atomic mass is 10.2. The highest BCUT2D eigenvalue weighted by Crippen LogP contribution is 2.34. The highest BCUT2D eigenvalue weighted by atomic mass is 35.5. The molecule has 0 unspecified atom stereocenters. The van der Waals surface area contributed by atoms with Gasteiger partial charge in [0.15, 0.2) is 0 Å². The molecule has 24 heavy (non-hydrogen) atoms. The van der Waals surface area contributed by atoms with Gasteiger partial charge in [-0.2, -0.15) is 0 Å². The summed E-state index contributed by atoms with van der Waals surface area (Å²) in [6.07, 6.45) is 1.38. The lowest BCUT2D eigenvalue weighted by Gasteiger charge is -2.07. The number of esters is 1. The molecule has 0 bridgehead atoms. The zero-order valence-corrected chi connectivity index (χ0v) is 14.6. The lowest BCUT2D eigenvalue weighted by Crippen LogP contribution is -2.06. The highest BCUT2D eigenvalue weighted by Gasteiger charge is 2.22. The van der Waals surface area contributed by atoms with Crippen LogP contribution in [0.1, 0.15) is 27.7 Å². The van der Waals surface area contributed by atoms with Crippen LogP contribution in [0.2, 0.25) is 5.15 Å². The molecule has 0 saturated heterocycles. The molecule has 0 spiro atoms. The van der Waals surface area contributed by atoms with Crippen molar-refractivity contribution in [2.75, 3.05) is 6.61 Å². The summed E-state index contributed by atoms with van der Waals surface area (Å²) in [5.74, 6) is -0.394. The van der Waals surface area contributed by atoms with Crippen molar-refractivity contribution in [2.24, 2.45) is 0 Å². The molecule has 0 saturated carbocycles. The van der Waals surface area contributed by atoms with Crippen LogP contribution in [-0.4, -0.2) is 22.5 Å². The number of rotatable bonds is 6. The van der Waals surface area contributed by atoms with Gasteiger partial charge in [-0.25, -0.2) is 14.8 Å². The predicted molar refractivity (Wildman–Crippen MR) is 93.3 cm³/mol. The summed E-state index contributed by atoms with van der Waals surface area (Å²) in [4.78, 5) is 21.5. The molecule has 3 rings (SSSR count). The van der Waals surface area contributed by atoms with Crippen LogP contribution in [0.4, 0.5) is 0 Å². The smallest absolute Gasteiger partial charge is 0.348 e. The van der Waals surface area contributed by atoms with Crippen molar-refractivity contribution >= 4 is 39.1 Å². The first-order chi connectivity index (χ1) is 11.7. The Kier molecular flexibility index (Phi) is 5.40. The second-order valence-electron chi connectivity index (χ2n) is 4.95. The second-order valence-corrected chi connectivity index (χ2v) is 6.31. The van der Waals surface area contributed by atoms with E-state index in [0.29, 0.717) is 39.0 Å². The van der Waals surface area contributed by atoms with Crippen molar-refractivity contribution in [1.82, 2.24) is 9.97 Å². The molecule has 0 aliphatic carbocycles. The van der Waals surface area contributed by atoms with Crippen LogP contribution in [0, 0.1) is 0 Å². The third-order valence-electron chi connectivity index (χ3n) is 3.36. The number of hydrogen-bond donors (Lipinski definition) is 0. The van der Waals surface area contributed by atoms with Crippen LogP contribution in [0.5, 0.6) is 0 Å². The van der Waals surface area contributed by atoms with E-state index in [1.54, 1.807) is 6.92 Å². The molecule has 0 atom stereocenters. The number of thiophene rings is 1. The van der Waals surface area contributed by atoms with Gasteiger partial charge in [0.25, 0.3) is 0 Å². The maximum absolute atomic E-state index is 12.2. The van der Waals surface area contributed by atoms with Crippen LogP contribution in [-0.2, 0) is 22.7 Å². The van der Waals surface area contributed by atoms with Crippen molar-refractivity contribution in [1.29, 1.82) is 0 Å². The van der Waals surface area contributed by atoms with Crippen molar-refractivity contribution in [3.8, 4) is 0 Å². The van der Waals surface area contributed by atoms with Crippen molar-refractivity contribution < 1.29 is 14.3 Å². The predicted octanol–water partition coefficient (Wildman–Crippen LogP) is 4.24. The Morgan fingerprint density at radius 2 is 2.00 bits per heavy atom.